The second kappa shape index (κ2) is 7.11. The molecular formula is C10H15N3OS. The number of hydrogen-bond acceptors (Lipinski definition) is 3. The van der Waals surface area contributed by atoms with Gasteiger partial charge in [0, 0.05) is 37.5 Å². The average Bonchev–Trinajstić information content (AvgIpc) is 2.29. The predicted octanol–water partition coefficient (Wildman–Crippen LogP) is 1.24. The minimum atomic E-state index is -0.128. The van der Waals surface area contributed by atoms with Gasteiger partial charge in [-0.15, -0.1) is 0 Å². The van der Waals surface area contributed by atoms with Crippen LogP contribution in [0.4, 0.5) is 4.79 Å². The molecule has 1 aromatic rings. The van der Waals surface area contributed by atoms with Crippen molar-refractivity contribution < 1.29 is 4.79 Å². The Balaban J connectivity index is 2.05. The second-order valence-electron chi connectivity index (χ2n) is 2.92. The van der Waals surface area contributed by atoms with Crippen molar-refractivity contribution in [2.75, 3.05) is 19.3 Å². The van der Waals surface area contributed by atoms with E-state index in [9.17, 15) is 4.79 Å². The summed E-state index contributed by atoms with van der Waals surface area (Å²) in [4.78, 5) is 14.8. The Kier molecular flexibility index (Phi) is 5.62. The number of amides is 2. The van der Waals surface area contributed by atoms with Crippen molar-refractivity contribution in [1.29, 1.82) is 0 Å². The van der Waals surface area contributed by atoms with Gasteiger partial charge in [-0.3, -0.25) is 4.98 Å². The molecule has 0 aliphatic carbocycles. The lowest BCUT2D eigenvalue weighted by molar-refractivity contribution is 0.243. The monoisotopic (exact) mass is 225 g/mol. The van der Waals surface area contributed by atoms with Gasteiger partial charge in [-0.1, -0.05) is 6.07 Å². The maximum atomic E-state index is 10.8. The molecule has 0 aliphatic rings. The minimum Gasteiger partial charge on any atom is -0.341 e. The molecule has 15 heavy (non-hydrogen) atoms. The third-order valence-electron chi connectivity index (χ3n) is 1.75. The molecule has 2 amide bonds. The first-order valence-electron chi connectivity index (χ1n) is 4.75. The van der Waals surface area contributed by atoms with Gasteiger partial charge in [-0.2, -0.15) is 11.8 Å². The van der Waals surface area contributed by atoms with Gasteiger partial charge in [-0.25, -0.2) is 4.79 Å². The van der Waals surface area contributed by atoms with Crippen LogP contribution < -0.4 is 10.6 Å². The molecule has 1 aromatic heterocycles. The SMILES string of the molecule is CNC(=O)NCCSCc1cccnc1. The van der Waals surface area contributed by atoms with Crippen molar-refractivity contribution in [2.45, 2.75) is 5.75 Å². The van der Waals surface area contributed by atoms with Gasteiger partial charge in [0.25, 0.3) is 0 Å². The van der Waals surface area contributed by atoms with Crippen LogP contribution in [-0.2, 0) is 5.75 Å². The average molecular weight is 225 g/mol. The first kappa shape index (κ1) is 11.8. The summed E-state index contributed by atoms with van der Waals surface area (Å²) in [5.41, 5.74) is 1.21. The van der Waals surface area contributed by atoms with Crippen LogP contribution in [0.5, 0.6) is 0 Å². The number of rotatable bonds is 5. The molecule has 0 fully saturated rings. The largest absolute Gasteiger partial charge is 0.341 e. The molecule has 0 aliphatic heterocycles. The molecule has 82 valence electrons. The summed E-state index contributed by atoms with van der Waals surface area (Å²) in [6.45, 7) is 0.685. The summed E-state index contributed by atoms with van der Waals surface area (Å²) in [7, 11) is 1.61. The van der Waals surface area contributed by atoms with Crippen LogP contribution in [0.2, 0.25) is 0 Å². The molecule has 2 N–H and O–H groups in total. The Morgan fingerprint density at radius 1 is 1.60 bits per heavy atom. The Morgan fingerprint density at radius 2 is 2.47 bits per heavy atom. The van der Waals surface area contributed by atoms with Crippen molar-refractivity contribution in [1.82, 2.24) is 15.6 Å². The number of pyridine rings is 1. The molecule has 0 saturated heterocycles. The molecule has 0 aromatic carbocycles. The van der Waals surface area contributed by atoms with Crippen LogP contribution in [0.25, 0.3) is 0 Å². The molecule has 1 heterocycles. The normalized spacial score (nSPS) is 9.67. The summed E-state index contributed by atoms with van der Waals surface area (Å²) in [6.07, 6.45) is 3.63. The van der Waals surface area contributed by atoms with Crippen LogP contribution in [0.3, 0.4) is 0 Å². The topological polar surface area (TPSA) is 54.0 Å². The lowest BCUT2D eigenvalue weighted by Crippen LogP contribution is -2.34. The fraction of sp³-hybridized carbons (Fsp3) is 0.400. The van der Waals surface area contributed by atoms with Crippen LogP contribution in [0, 0.1) is 0 Å². The number of nitrogens with zero attached hydrogens (tertiary/aromatic N) is 1. The Bertz CT molecular complexity index is 292. The standard InChI is InChI=1S/C10H15N3OS/c1-11-10(14)13-5-6-15-8-9-3-2-4-12-7-9/h2-4,7H,5-6,8H2,1H3,(H2,11,13,14). The lowest BCUT2D eigenvalue weighted by atomic mass is 10.3. The zero-order valence-electron chi connectivity index (χ0n) is 8.69. The number of carbonyl (C=O) groups excluding carboxylic acids is 1. The Labute approximate surface area is 93.9 Å². The number of carbonyl (C=O) groups is 1. The van der Waals surface area contributed by atoms with Gasteiger partial charge in [0.15, 0.2) is 0 Å². The van der Waals surface area contributed by atoms with Crippen LogP contribution >= 0.6 is 11.8 Å². The number of urea groups is 1. The van der Waals surface area contributed by atoms with Crippen molar-refractivity contribution >= 4 is 17.8 Å². The maximum absolute atomic E-state index is 10.8. The lowest BCUT2D eigenvalue weighted by Gasteiger charge is -2.03. The number of nitrogens with one attached hydrogen (secondary N) is 2. The maximum Gasteiger partial charge on any atom is 0.314 e. The molecule has 0 spiro atoms. The number of aromatic nitrogens is 1. The van der Waals surface area contributed by atoms with E-state index in [0.717, 1.165) is 11.5 Å². The molecule has 0 atom stereocenters. The van der Waals surface area contributed by atoms with Crippen molar-refractivity contribution in [3.63, 3.8) is 0 Å². The van der Waals surface area contributed by atoms with Crippen LogP contribution in [-0.4, -0.2) is 30.4 Å². The van der Waals surface area contributed by atoms with E-state index in [1.54, 1.807) is 25.0 Å². The highest BCUT2D eigenvalue weighted by Gasteiger charge is 1.95. The molecule has 0 saturated carbocycles. The van der Waals surface area contributed by atoms with E-state index in [2.05, 4.69) is 15.6 Å². The molecule has 0 radical (unpaired) electrons. The smallest absolute Gasteiger partial charge is 0.314 e. The first-order chi connectivity index (χ1) is 7.33. The van der Waals surface area contributed by atoms with Gasteiger partial charge in [0.1, 0.15) is 0 Å². The van der Waals surface area contributed by atoms with Crippen molar-refractivity contribution in [3.8, 4) is 0 Å². The predicted molar refractivity (Wildman–Crippen MR) is 62.9 cm³/mol. The van der Waals surface area contributed by atoms with Gasteiger partial charge in [0.2, 0.25) is 0 Å². The molecule has 5 heteroatoms. The number of thioether (sulfide) groups is 1. The molecular weight excluding hydrogens is 210 g/mol. The highest BCUT2D eigenvalue weighted by Crippen LogP contribution is 2.09. The van der Waals surface area contributed by atoms with Crippen molar-refractivity contribution in [3.05, 3.63) is 30.1 Å². The van der Waals surface area contributed by atoms with E-state index in [1.807, 2.05) is 18.3 Å². The quantitative estimate of drug-likeness (QED) is 0.741. The zero-order valence-corrected chi connectivity index (χ0v) is 9.51. The van der Waals surface area contributed by atoms with E-state index < -0.39 is 0 Å². The summed E-state index contributed by atoms with van der Waals surface area (Å²) in [6, 6.07) is 3.85. The van der Waals surface area contributed by atoms with E-state index in [1.165, 1.54) is 5.56 Å². The minimum absolute atomic E-state index is 0.128. The summed E-state index contributed by atoms with van der Waals surface area (Å²) >= 11 is 1.78. The highest BCUT2D eigenvalue weighted by atomic mass is 32.2. The Hall–Kier alpha value is -1.23. The van der Waals surface area contributed by atoms with Gasteiger partial charge in [-0.05, 0) is 11.6 Å². The summed E-state index contributed by atoms with van der Waals surface area (Å²) in [5, 5.41) is 5.24. The van der Waals surface area contributed by atoms with Crippen LogP contribution in [0.1, 0.15) is 5.56 Å². The summed E-state index contributed by atoms with van der Waals surface area (Å²) < 4.78 is 0. The summed E-state index contributed by atoms with van der Waals surface area (Å²) in [5.74, 6) is 1.84. The Morgan fingerprint density at radius 3 is 3.13 bits per heavy atom. The third-order valence-corrected chi connectivity index (χ3v) is 2.78. The van der Waals surface area contributed by atoms with Gasteiger partial charge in [0.05, 0.1) is 0 Å². The zero-order chi connectivity index (χ0) is 10.9. The molecule has 4 nitrogen and oxygen atoms in total. The van der Waals surface area contributed by atoms with Crippen LogP contribution in [0.15, 0.2) is 24.5 Å². The van der Waals surface area contributed by atoms with Gasteiger partial charge >= 0.3 is 6.03 Å². The van der Waals surface area contributed by atoms with E-state index >= 15 is 0 Å². The highest BCUT2D eigenvalue weighted by molar-refractivity contribution is 7.98. The number of hydrogen-bond donors (Lipinski definition) is 2. The fourth-order valence-electron chi connectivity index (χ4n) is 0.999. The van der Waals surface area contributed by atoms with E-state index in [-0.39, 0.29) is 6.03 Å². The third kappa shape index (κ3) is 5.27. The fourth-order valence-corrected chi connectivity index (χ4v) is 1.80. The molecule has 0 unspecified atom stereocenters. The second-order valence-corrected chi connectivity index (χ2v) is 4.02. The molecule has 1 rings (SSSR count). The van der Waals surface area contributed by atoms with Crippen molar-refractivity contribution in [2.24, 2.45) is 0 Å². The first-order valence-corrected chi connectivity index (χ1v) is 5.90. The van der Waals surface area contributed by atoms with Gasteiger partial charge < -0.3 is 10.6 Å². The van der Waals surface area contributed by atoms with E-state index in [4.69, 9.17) is 0 Å². The van der Waals surface area contributed by atoms with E-state index in [0.29, 0.717) is 6.54 Å². The molecule has 0 bridgehead atoms.